The minimum atomic E-state index is -3.72. The molecular weight excluding hydrogens is 396 g/mol. The van der Waals surface area contributed by atoms with E-state index in [0.29, 0.717) is 5.56 Å². The zero-order chi connectivity index (χ0) is 21.1. The number of aromatic nitrogens is 3. The molecule has 6 nitrogen and oxygen atoms in total. The van der Waals surface area contributed by atoms with Gasteiger partial charge in [-0.15, -0.1) is 0 Å². The number of hydrogen-bond acceptors (Lipinski definition) is 4. The number of nitrogens with two attached hydrogens (primary N) is 1. The van der Waals surface area contributed by atoms with E-state index < -0.39 is 10.0 Å². The van der Waals surface area contributed by atoms with E-state index >= 15 is 0 Å². The van der Waals surface area contributed by atoms with Crippen LogP contribution in [0.15, 0.2) is 84.0 Å². The van der Waals surface area contributed by atoms with Gasteiger partial charge in [-0.25, -0.2) is 13.6 Å². The topological polar surface area (TPSA) is 90.9 Å². The monoisotopic (exact) mass is 414 g/mol. The summed E-state index contributed by atoms with van der Waals surface area (Å²) in [7, 11) is -1.88. The molecule has 2 heterocycles. The number of primary sulfonamides is 1. The minimum absolute atomic E-state index is 0.0535. The largest absolute Gasteiger partial charge is 0.265 e. The predicted molar refractivity (Wildman–Crippen MR) is 116 cm³/mol. The minimum Gasteiger partial charge on any atom is -0.265 e. The Morgan fingerprint density at radius 3 is 2.23 bits per heavy atom. The summed E-state index contributed by atoms with van der Waals surface area (Å²) in [5, 5.41) is 9.44. The van der Waals surface area contributed by atoms with Crippen molar-refractivity contribution in [2.45, 2.75) is 4.90 Å². The maximum Gasteiger partial charge on any atom is 0.238 e. The summed E-state index contributed by atoms with van der Waals surface area (Å²) in [5.41, 5.74) is 5.11. The van der Waals surface area contributed by atoms with E-state index in [0.717, 1.165) is 28.1 Å². The summed E-state index contributed by atoms with van der Waals surface area (Å²) in [5.74, 6) is 6.13. The Kier molecular flexibility index (Phi) is 5.19. The van der Waals surface area contributed by atoms with Crippen molar-refractivity contribution < 1.29 is 8.42 Å². The predicted octanol–water partition coefficient (Wildman–Crippen LogP) is 3.20. The molecule has 0 fully saturated rings. The molecule has 2 aromatic heterocycles. The molecule has 4 rings (SSSR count). The molecule has 0 bridgehead atoms. The molecule has 30 heavy (non-hydrogen) atoms. The SMILES string of the molecule is Cn1ncc(C#Cc2ccc(S(N)(=O)=O)cc2)c1-c1ccc(-c2ccccc2)cn1. The van der Waals surface area contributed by atoms with Gasteiger partial charge in [0.25, 0.3) is 0 Å². The average molecular weight is 414 g/mol. The van der Waals surface area contributed by atoms with E-state index in [9.17, 15) is 8.42 Å². The lowest BCUT2D eigenvalue weighted by Gasteiger charge is -2.05. The molecule has 2 N–H and O–H groups in total. The fraction of sp³-hybridized carbons (Fsp3) is 0.0435. The highest BCUT2D eigenvalue weighted by Gasteiger charge is 2.11. The molecule has 0 saturated heterocycles. The Morgan fingerprint density at radius 1 is 0.867 bits per heavy atom. The smallest absolute Gasteiger partial charge is 0.238 e. The first-order valence-corrected chi connectivity index (χ1v) is 10.7. The van der Waals surface area contributed by atoms with E-state index in [1.54, 1.807) is 23.0 Å². The molecule has 0 aliphatic rings. The van der Waals surface area contributed by atoms with Gasteiger partial charge in [-0.3, -0.25) is 9.67 Å². The second-order valence-corrected chi connectivity index (χ2v) is 8.21. The van der Waals surface area contributed by atoms with Crippen molar-refractivity contribution >= 4 is 10.0 Å². The van der Waals surface area contributed by atoms with Crippen molar-refractivity contribution in [2.75, 3.05) is 0 Å². The van der Waals surface area contributed by atoms with Gasteiger partial charge in [-0.05, 0) is 35.9 Å². The van der Waals surface area contributed by atoms with Gasteiger partial charge < -0.3 is 0 Å². The fourth-order valence-electron chi connectivity index (χ4n) is 3.04. The molecule has 4 aromatic rings. The van der Waals surface area contributed by atoms with Crippen molar-refractivity contribution in [3.8, 4) is 34.4 Å². The van der Waals surface area contributed by atoms with Gasteiger partial charge in [0.05, 0.1) is 22.3 Å². The maximum absolute atomic E-state index is 11.4. The molecule has 0 aliphatic carbocycles. The van der Waals surface area contributed by atoms with Gasteiger partial charge in [-0.2, -0.15) is 5.10 Å². The number of sulfonamides is 1. The molecule has 0 unspecified atom stereocenters. The van der Waals surface area contributed by atoms with Gasteiger partial charge in [0.2, 0.25) is 10.0 Å². The number of pyridine rings is 1. The number of rotatable bonds is 3. The van der Waals surface area contributed by atoms with E-state index in [2.05, 4.69) is 21.9 Å². The van der Waals surface area contributed by atoms with Crippen LogP contribution in [0.25, 0.3) is 22.5 Å². The normalized spacial score (nSPS) is 11.0. The van der Waals surface area contributed by atoms with Crippen LogP contribution in [0.4, 0.5) is 0 Å². The Balaban J connectivity index is 1.64. The Morgan fingerprint density at radius 2 is 1.60 bits per heavy atom. The van der Waals surface area contributed by atoms with Crippen LogP contribution in [-0.4, -0.2) is 23.2 Å². The van der Waals surface area contributed by atoms with Crippen LogP contribution in [0.2, 0.25) is 0 Å². The standard InChI is InChI=1S/C23H18N4O2S/c1-27-23(22-14-11-19(15-25-22)18-5-3-2-4-6-18)20(16-26-27)10-7-17-8-12-21(13-9-17)30(24,28)29/h2-6,8-9,11-16H,1H3,(H2,24,28,29). The van der Waals surface area contributed by atoms with E-state index in [1.807, 2.05) is 55.7 Å². The molecular formula is C23H18N4O2S. The number of nitrogens with zero attached hydrogens (tertiary/aromatic N) is 3. The van der Waals surface area contributed by atoms with Crippen LogP contribution >= 0.6 is 0 Å². The summed E-state index contributed by atoms with van der Waals surface area (Å²) in [6.07, 6.45) is 3.52. The molecule has 2 aromatic carbocycles. The fourth-order valence-corrected chi connectivity index (χ4v) is 3.55. The van der Waals surface area contributed by atoms with Crippen molar-refractivity contribution in [1.82, 2.24) is 14.8 Å². The molecule has 0 atom stereocenters. The summed E-state index contributed by atoms with van der Waals surface area (Å²) >= 11 is 0. The number of benzene rings is 2. The van der Waals surface area contributed by atoms with Gasteiger partial charge in [0, 0.05) is 24.4 Å². The molecule has 7 heteroatoms. The summed E-state index contributed by atoms with van der Waals surface area (Å²) in [4.78, 5) is 4.66. The number of aryl methyl sites for hydroxylation is 1. The van der Waals surface area contributed by atoms with Crippen LogP contribution in [0.5, 0.6) is 0 Å². The highest BCUT2D eigenvalue weighted by atomic mass is 32.2. The van der Waals surface area contributed by atoms with Crippen LogP contribution in [0.1, 0.15) is 11.1 Å². The second-order valence-electron chi connectivity index (χ2n) is 6.65. The highest BCUT2D eigenvalue weighted by Crippen LogP contribution is 2.24. The molecule has 148 valence electrons. The van der Waals surface area contributed by atoms with Crippen LogP contribution in [-0.2, 0) is 17.1 Å². The quantitative estimate of drug-likeness (QED) is 0.521. The van der Waals surface area contributed by atoms with E-state index in [-0.39, 0.29) is 4.90 Å². The van der Waals surface area contributed by atoms with Gasteiger partial charge in [0.15, 0.2) is 0 Å². The van der Waals surface area contributed by atoms with Crippen molar-refractivity contribution in [1.29, 1.82) is 0 Å². The third-order valence-corrected chi connectivity index (χ3v) is 5.51. The summed E-state index contributed by atoms with van der Waals surface area (Å²) < 4.78 is 24.5. The van der Waals surface area contributed by atoms with Crippen LogP contribution in [0.3, 0.4) is 0 Å². The zero-order valence-corrected chi connectivity index (χ0v) is 17.0. The van der Waals surface area contributed by atoms with E-state index in [4.69, 9.17) is 5.14 Å². The Labute approximate surface area is 175 Å². The summed E-state index contributed by atoms with van der Waals surface area (Å²) in [6, 6.07) is 20.1. The Bertz CT molecular complexity index is 1350. The van der Waals surface area contributed by atoms with Crippen molar-refractivity contribution in [3.63, 3.8) is 0 Å². The summed E-state index contributed by atoms with van der Waals surface area (Å²) in [6.45, 7) is 0. The third-order valence-electron chi connectivity index (χ3n) is 4.58. The second kappa shape index (κ2) is 7.95. The number of hydrogen-bond donors (Lipinski definition) is 1. The van der Waals surface area contributed by atoms with E-state index in [1.165, 1.54) is 12.1 Å². The first kappa shape index (κ1) is 19.6. The molecule has 0 saturated carbocycles. The maximum atomic E-state index is 11.4. The first-order valence-electron chi connectivity index (χ1n) is 9.10. The Hall–Kier alpha value is -3.73. The van der Waals surface area contributed by atoms with Gasteiger partial charge in [-0.1, -0.05) is 48.2 Å². The van der Waals surface area contributed by atoms with Crippen molar-refractivity contribution in [2.24, 2.45) is 12.2 Å². The molecule has 0 radical (unpaired) electrons. The lowest BCUT2D eigenvalue weighted by Crippen LogP contribution is -2.11. The first-order chi connectivity index (χ1) is 14.4. The molecule has 0 spiro atoms. The highest BCUT2D eigenvalue weighted by molar-refractivity contribution is 7.89. The van der Waals surface area contributed by atoms with Gasteiger partial charge >= 0.3 is 0 Å². The average Bonchev–Trinajstić information content (AvgIpc) is 3.13. The molecule has 0 aliphatic heterocycles. The molecule has 0 amide bonds. The third kappa shape index (κ3) is 4.15. The lowest BCUT2D eigenvalue weighted by atomic mass is 10.1. The van der Waals surface area contributed by atoms with Crippen LogP contribution < -0.4 is 5.14 Å². The van der Waals surface area contributed by atoms with Crippen molar-refractivity contribution in [3.05, 3.63) is 90.3 Å². The zero-order valence-electron chi connectivity index (χ0n) is 16.1. The lowest BCUT2D eigenvalue weighted by molar-refractivity contribution is 0.598. The van der Waals surface area contributed by atoms with Gasteiger partial charge in [0.1, 0.15) is 5.69 Å². The van der Waals surface area contributed by atoms with Crippen LogP contribution in [0, 0.1) is 11.8 Å².